The van der Waals surface area contributed by atoms with Gasteiger partial charge < -0.3 is 5.11 Å². The zero-order valence-corrected chi connectivity index (χ0v) is 11.4. The minimum absolute atomic E-state index is 0.102. The molecular formula is C9H9ClN2O4S2. The highest BCUT2D eigenvalue weighted by atomic mass is 35.5. The van der Waals surface area contributed by atoms with Crippen LogP contribution in [0.25, 0.3) is 0 Å². The fourth-order valence-electron chi connectivity index (χ4n) is 1.55. The Kier molecular flexibility index (Phi) is 3.81. The summed E-state index contributed by atoms with van der Waals surface area (Å²) in [7, 11) is -3.93. The number of pyridine rings is 1. The van der Waals surface area contributed by atoms with Gasteiger partial charge in [0.25, 0.3) is 0 Å². The zero-order chi connectivity index (χ0) is 13.3. The lowest BCUT2D eigenvalue weighted by Gasteiger charge is -2.20. The second-order valence-corrected chi connectivity index (χ2v) is 6.76. The second kappa shape index (κ2) is 5.04. The first kappa shape index (κ1) is 13.6. The summed E-state index contributed by atoms with van der Waals surface area (Å²) in [4.78, 5) is 14.5. The van der Waals surface area contributed by atoms with Crippen molar-refractivity contribution in [2.45, 2.75) is 10.9 Å². The lowest BCUT2D eigenvalue weighted by atomic mass is 10.4. The highest BCUT2D eigenvalue weighted by Crippen LogP contribution is 2.30. The van der Waals surface area contributed by atoms with Crippen LogP contribution in [-0.2, 0) is 14.8 Å². The van der Waals surface area contributed by atoms with Gasteiger partial charge in [0, 0.05) is 11.9 Å². The summed E-state index contributed by atoms with van der Waals surface area (Å²) >= 11 is 6.99. The van der Waals surface area contributed by atoms with E-state index in [1.165, 1.54) is 30.1 Å². The topological polar surface area (TPSA) is 87.6 Å². The van der Waals surface area contributed by atoms with Crippen LogP contribution in [0.1, 0.15) is 0 Å². The van der Waals surface area contributed by atoms with Gasteiger partial charge in [-0.1, -0.05) is 11.6 Å². The number of halogens is 1. The van der Waals surface area contributed by atoms with Gasteiger partial charge in [-0.15, -0.1) is 11.8 Å². The molecule has 1 atom stereocenters. The molecule has 0 saturated carbocycles. The molecule has 0 amide bonds. The first-order valence-corrected chi connectivity index (χ1v) is 7.85. The van der Waals surface area contributed by atoms with E-state index in [9.17, 15) is 13.2 Å². The summed E-state index contributed by atoms with van der Waals surface area (Å²) in [6.07, 6.45) is 1.37. The fraction of sp³-hybridized carbons (Fsp3) is 0.333. The minimum atomic E-state index is -3.93. The molecule has 2 heterocycles. The molecule has 0 aromatic carbocycles. The molecule has 1 saturated heterocycles. The highest BCUT2D eigenvalue weighted by molar-refractivity contribution is 8.00. The summed E-state index contributed by atoms with van der Waals surface area (Å²) in [6, 6.07) is 1.70. The predicted molar refractivity (Wildman–Crippen MR) is 67.0 cm³/mol. The summed E-state index contributed by atoms with van der Waals surface area (Å²) in [5.74, 6) is -0.833. The van der Waals surface area contributed by atoms with Crippen molar-refractivity contribution in [3.8, 4) is 0 Å². The van der Waals surface area contributed by atoms with Crippen molar-refractivity contribution in [3.63, 3.8) is 0 Å². The average Bonchev–Trinajstić information content (AvgIpc) is 2.78. The number of hydrogen-bond acceptors (Lipinski definition) is 5. The third-order valence-electron chi connectivity index (χ3n) is 2.44. The number of rotatable bonds is 3. The van der Waals surface area contributed by atoms with E-state index >= 15 is 0 Å². The summed E-state index contributed by atoms with van der Waals surface area (Å²) in [5.41, 5.74) is 0. The lowest BCUT2D eigenvalue weighted by Crippen LogP contribution is -2.41. The van der Waals surface area contributed by atoms with Gasteiger partial charge in [-0.3, -0.25) is 4.79 Å². The molecule has 0 bridgehead atoms. The Balaban J connectivity index is 2.43. The number of aliphatic carboxylic acids is 1. The molecular weight excluding hydrogens is 300 g/mol. The third kappa shape index (κ3) is 2.33. The van der Waals surface area contributed by atoms with E-state index in [1.807, 2.05) is 0 Å². The second-order valence-electron chi connectivity index (χ2n) is 3.54. The minimum Gasteiger partial charge on any atom is -0.480 e. The maximum atomic E-state index is 12.3. The number of carbonyl (C=O) groups is 1. The van der Waals surface area contributed by atoms with Crippen molar-refractivity contribution < 1.29 is 18.3 Å². The van der Waals surface area contributed by atoms with Crippen LogP contribution in [0, 0.1) is 0 Å². The van der Waals surface area contributed by atoms with Crippen LogP contribution < -0.4 is 0 Å². The first-order valence-electron chi connectivity index (χ1n) is 4.87. The van der Waals surface area contributed by atoms with Crippen LogP contribution >= 0.6 is 23.4 Å². The molecule has 0 spiro atoms. The number of nitrogens with zero attached hydrogens (tertiary/aromatic N) is 2. The Morgan fingerprint density at radius 1 is 1.61 bits per heavy atom. The molecule has 1 N–H and O–H groups in total. The highest BCUT2D eigenvalue weighted by Gasteiger charge is 2.40. The standard InChI is InChI=1S/C9H9ClN2O4S2/c10-8-7(2-1-3-11-8)18(15,16)12-5-17-4-6(12)9(13)14/h1-3,6H,4-5H2,(H,13,14)/t6-/m0/s1. The van der Waals surface area contributed by atoms with Gasteiger partial charge in [0.1, 0.15) is 16.1 Å². The van der Waals surface area contributed by atoms with Crippen LogP contribution in [0.15, 0.2) is 23.2 Å². The largest absolute Gasteiger partial charge is 0.480 e. The van der Waals surface area contributed by atoms with Gasteiger partial charge >= 0.3 is 5.97 Å². The normalized spacial score (nSPS) is 21.1. The van der Waals surface area contributed by atoms with Crippen LogP contribution in [0.4, 0.5) is 0 Å². The van der Waals surface area contributed by atoms with Gasteiger partial charge in [-0.05, 0) is 12.1 Å². The number of carboxylic acid groups (broad SMARTS) is 1. The summed E-state index contributed by atoms with van der Waals surface area (Å²) in [5, 5.41) is 8.84. The number of carboxylic acids is 1. The number of hydrogen-bond donors (Lipinski definition) is 1. The molecule has 0 unspecified atom stereocenters. The van der Waals surface area contributed by atoms with E-state index in [0.717, 1.165) is 4.31 Å². The van der Waals surface area contributed by atoms with E-state index in [2.05, 4.69) is 4.98 Å². The van der Waals surface area contributed by atoms with Crippen molar-refractivity contribution in [3.05, 3.63) is 23.5 Å². The Hall–Kier alpha value is -0.830. The van der Waals surface area contributed by atoms with Crippen molar-refractivity contribution in [1.29, 1.82) is 0 Å². The SMILES string of the molecule is O=C(O)[C@@H]1CSCN1S(=O)(=O)c1cccnc1Cl. The quantitative estimate of drug-likeness (QED) is 0.834. The molecule has 1 aliphatic heterocycles. The molecule has 9 heteroatoms. The fourth-order valence-corrected chi connectivity index (χ4v) is 5.11. The van der Waals surface area contributed by atoms with Gasteiger partial charge in [0.2, 0.25) is 10.0 Å². The van der Waals surface area contributed by atoms with E-state index in [1.54, 1.807) is 0 Å². The van der Waals surface area contributed by atoms with Crippen molar-refractivity contribution in [2.75, 3.05) is 11.6 Å². The molecule has 98 valence electrons. The Bertz CT molecular complexity index is 578. The molecule has 18 heavy (non-hydrogen) atoms. The van der Waals surface area contributed by atoms with E-state index in [-0.39, 0.29) is 21.7 Å². The molecule has 1 aromatic heterocycles. The van der Waals surface area contributed by atoms with Crippen LogP contribution in [0.2, 0.25) is 5.15 Å². The molecule has 2 rings (SSSR count). The summed E-state index contributed by atoms with van der Waals surface area (Å²) < 4.78 is 25.5. The number of aromatic nitrogens is 1. The average molecular weight is 309 g/mol. The molecule has 0 radical (unpaired) electrons. The van der Waals surface area contributed by atoms with Gasteiger partial charge in [-0.2, -0.15) is 4.31 Å². The smallest absolute Gasteiger partial charge is 0.322 e. The van der Waals surface area contributed by atoms with Crippen LogP contribution in [0.3, 0.4) is 0 Å². The number of thioether (sulfide) groups is 1. The number of sulfonamides is 1. The van der Waals surface area contributed by atoms with E-state index < -0.39 is 22.0 Å². The van der Waals surface area contributed by atoms with Crippen molar-refractivity contribution >= 4 is 39.4 Å². The van der Waals surface area contributed by atoms with Crippen LogP contribution in [-0.4, -0.2) is 46.5 Å². The maximum absolute atomic E-state index is 12.3. The van der Waals surface area contributed by atoms with Gasteiger partial charge in [0.05, 0.1) is 5.88 Å². The maximum Gasteiger partial charge on any atom is 0.322 e. The molecule has 6 nitrogen and oxygen atoms in total. The summed E-state index contributed by atoms with van der Waals surface area (Å²) in [6.45, 7) is 0. The first-order chi connectivity index (χ1) is 8.44. The van der Waals surface area contributed by atoms with E-state index in [0.29, 0.717) is 0 Å². The molecule has 0 aliphatic carbocycles. The van der Waals surface area contributed by atoms with Gasteiger partial charge in [0.15, 0.2) is 0 Å². The Labute approximate surface area is 113 Å². The third-order valence-corrected chi connectivity index (χ3v) is 5.91. The molecule has 1 fully saturated rings. The Morgan fingerprint density at radius 3 is 2.94 bits per heavy atom. The molecule has 1 aliphatic rings. The van der Waals surface area contributed by atoms with Crippen molar-refractivity contribution in [2.24, 2.45) is 0 Å². The van der Waals surface area contributed by atoms with E-state index in [4.69, 9.17) is 16.7 Å². The monoisotopic (exact) mass is 308 g/mol. The van der Waals surface area contributed by atoms with Crippen molar-refractivity contribution in [1.82, 2.24) is 9.29 Å². The zero-order valence-electron chi connectivity index (χ0n) is 8.98. The van der Waals surface area contributed by atoms with Gasteiger partial charge in [-0.25, -0.2) is 13.4 Å². The molecule has 1 aromatic rings. The lowest BCUT2D eigenvalue weighted by molar-refractivity contribution is -0.140. The Morgan fingerprint density at radius 2 is 2.33 bits per heavy atom. The van der Waals surface area contributed by atoms with Crippen LogP contribution in [0.5, 0.6) is 0 Å². The predicted octanol–water partition coefficient (Wildman–Crippen LogP) is 0.883.